The second kappa shape index (κ2) is 8.01. The number of carbonyl (C=O) groups is 1. The van der Waals surface area contributed by atoms with Gasteiger partial charge in [-0.1, -0.05) is 0 Å². The standard InChI is InChI=1S/C11H20N4O2/c1-17-6-2-3-14-11(16)9-15-5-4-13-8-10(15)7-12/h10,13H,2-6,8-9H2,1H3,(H,14,16). The van der Waals surface area contributed by atoms with Gasteiger partial charge in [-0.25, -0.2) is 0 Å². The van der Waals surface area contributed by atoms with Gasteiger partial charge in [0.2, 0.25) is 5.91 Å². The van der Waals surface area contributed by atoms with Gasteiger partial charge in [0.15, 0.2) is 0 Å². The Bertz CT molecular complexity index is 277. The van der Waals surface area contributed by atoms with E-state index in [1.807, 2.05) is 4.90 Å². The van der Waals surface area contributed by atoms with Crippen LogP contribution in [0.1, 0.15) is 6.42 Å². The number of nitrogens with one attached hydrogen (secondary N) is 2. The van der Waals surface area contributed by atoms with Crippen LogP contribution in [0.25, 0.3) is 0 Å². The van der Waals surface area contributed by atoms with Crippen molar-refractivity contribution >= 4 is 5.91 Å². The summed E-state index contributed by atoms with van der Waals surface area (Å²) < 4.78 is 4.90. The smallest absolute Gasteiger partial charge is 0.234 e. The van der Waals surface area contributed by atoms with Gasteiger partial charge in [-0.05, 0) is 6.42 Å². The summed E-state index contributed by atoms with van der Waals surface area (Å²) in [5.41, 5.74) is 0. The van der Waals surface area contributed by atoms with Crippen molar-refractivity contribution < 1.29 is 9.53 Å². The van der Waals surface area contributed by atoms with Crippen molar-refractivity contribution in [1.29, 1.82) is 5.26 Å². The molecule has 0 saturated carbocycles. The third-order valence-corrected chi connectivity index (χ3v) is 2.70. The SMILES string of the molecule is COCCCNC(=O)CN1CCNCC1C#N. The molecule has 6 heteroatoms. The molecule has 1 unspecified atom stereocenters. The Kier molecular flexibility index (Phi) is 6.55. The second-order valence-electron chi connectivity index (χ2n) is 4.02. The van der Waals surface area contributed by atoms with Gasteiger partial charge in [0.1, 0.15) is 6.04 Å². The summed E-state index contributed by atoms with van der Waals surface area (Å²) in [4.78, 5) is 13.5. The lowest BCUT2D eigenvalue weighted by Crippen LogP contribution is -2.53. The van der Waals surface area contributed by atoms with Gasteiger partial charge in [0.05, 0.1) is 12.6 Å². The van der Waals surface area contributed by atoms with E-state index in [9.17, 15) is 4.79 Å². The molecule has 1 saturated heterocycles. The topological polar surface area (TPSA) is 77.4 Å². The fraction of sp³-hybridized carbons (Fsp3) is 0.818. The molecule has 1 aliphatic heterocycles. The fourth-order valence-corrected chi connectivity index (χ4v) is 1.75. The third-order valence-electron chi connectivity index (χ3n) is 2.70. The number of nitriles is 1. The molecule has 0 aliphatic carbocycles. The minimum absolute atomic E-state index is 0.0248. The number of rotatable bonds is 6. The van der Waals surface area contributed by atoms with Crippen molar-refractivity contribution in [3.05, 3.63) is 0 Å². The van der Waals surface area contributed by atoms with Gasteiger partial charge in [-0.15, -0.1) is 0 Å². The van der Waals surface area contributed by atoms with Crippen molar-refractivity contribution in [2.45, 2.75) is 12.5 Å². The minimum Gasteiger partial charge on any atom is -0.385 e. The number of piperazine rings is 1. The molecule has 0 spiro atoms. The number of carbonyl (C=O) groups excluding carboxylic acids is 1. The number of hydrogen-bond acceptors (Lipinski definition) is 5. The Labute approximate surface area is 102 Å². The molecule has 17 heavy (non-hydrogen) atoms. The molecule has 0 aromatic carbocycles. The summed E-state index contributed by atoms with van der Waals surface area (Å²) in [6.07, 6.45) is 0.811. The zero-order valence-corrected chi connectivity index (χ0v) is 10.2. The van der Waals surface area contributed by atoms with Crippen LogP contribution in [0.3, 0.4) is 0 Å². The van der Waals surface area contributed by atoms with E-state index in [2.05, 4.69) is 16.7 Å². The summed E-state index contributed by atoms with van der Waals surface area (Å²) in [5.74, 6) is -0.0248. The van der Waals surface area contributed by atoms with Crippen LogP contribution in [0.4, 0.5) is 0 Å². The first-order valence-corrected chi connectivity index (χ1v) is 5.88. The van der Waals surface area contributed by atoms with Crippen LogP contribution in [-0.4, -0.2) is 63.3 Å². The lowest BCUT2D eigenvalue weighted by atomic mass is 10.2. The average Bonchev–Trinajstić information content (AvgIpc) is 2.35. The lowest BCUT2D eigenvalue weighted by molar-refractivity contribution is -0.122. The predicted octanol–water partition coefficient (Wildman–Crippen LogP) is -1.06. The van der Waals surface area contributed by atoms with E-state index in [1.165, 1.54) is 0 Å². The molecule has 0 aromatic heterocycles. The van der Waals surface area contributed by atoms with Crippen molar-refractivity contribution in [2.24, 2.45) is 0 Å². The summed E-state index contributed by atoms with van der Waals surface area (Å²) >= 11 is 0. The maximum absolute atomic E-state index is 11.6. The maximum Gasteiger partial charge on any atom is 0.234 e. The molecule has 1 fully saturated rings. The molecule has 0 radical (unpaired) electrons. The van der Waals surface area contributed by atoms with E-state index in [1.54, 1.807) is 7.11 Å². The Balaban J connectivity index is 2.22. The normalized spacial score (nSPS) is 20.8. The van der Waals surface area contributed by atoms with Gasteiger partial charge in [-0.2, -0.15) is 5.26 Å². The van der Waals surface area contributed by atoms with E-state index >= 15 is 0 Å². The van der Waals surface area contributed by atoms with Gasteiger partial charge >= 0.3 is 0 Å². The van der Waals surface area contributed by atoms with Crippen LogP contribution in [-0.2, 0) is 9.53 Å². The van der Waals surface area contributed by atoms with E-state index in [0.29, 0.717) is 26.2 Å². The third kappa shape index (κ3) is 5.13. The molecule has 1 rings (SSSR count). The highest BCUT2D eigenvalue weighted by Gasteiger charge is 2.23. The first kappa shape index (κ1) is 13.9. The maximum atomic E-state index is 11.6. The largest absolute Gasteiger partial charge is 0.385 e. The molecule has 96 valence electrons. The zero-order chi connectivity index (χ0) is 12.5. The number of methoxy groups -OCH3 is 1. The second-order valence-corrected chi connectivity index (χ2v) is 4.02. The summed E-state index contributed by atoms with van der Waals surface area (Å²) in [7, 11) is 1.64. The Morgan fingerprint density at radius 3 is 3.24 bits per heavy atom. The molecule has 1 amide bonds. The van der Waals surface area contributed by atoms with Crippen LogP contribution in [0, 0.1) is 11.3 Å². The highest BCUT2D eigenvalue weighted by atomic mass is 16.5. The minimum atomic E-state index is -0.200. The monoisotopic (exact) mass is 240 g/mol. The molecule has 2 N–H and O–H groups in total. The van der Waals surface area contributed by atoms with Crippen LogP contribution < -0.4 is 10.6 Å². The summed E-state index contributed by atoms with van der Waals surface area (Å²) in [5, 5.41) is 14.9. The Morgan fingerprint density at radius 1 is 1.71 bits per heavy atom. The summed E-state index contributed by atoms with van der Waals surface area (Å²) in [6, 6.07) is 2.00. The van der Waals surface area contributed by atoms with Crippen molar-refractivity contribution in [3.8, 4) is 6.07 Å². The van der Waals surface area contributed by atoms with Crippen LogP contribution in [0.15, 0.2) is 0 Å². The number of ether oxygens (including phenoxy) is 1. The first-order chi connectivity index (χ1) is 8.27. The highest BCUT2D eigenvalue weighted by molar-refractivity contribution is 5.78. The zero-order valence-electron chi connectivity index (χ0n) is 10.2. The van der Waals surface area contributed by atoms with E-state index < -0.39 is 0 Å². The van der Waals surface area contributed by atoms with Crippen LogP contribution in [0.2, 0.25) is 0 Å². The molecule has 6 nitrogen and oxygen atoms in total. The van der Waals surface area contributed by atoms with E-state index in [0.717, 1.165) is 19.5 Å². The average molecular weight is 240 g/mol. The Hall–Kier alpha value is -1.16. The quantitative estimate of drug-likeness (QED) is 0.579. The van der Waals surface area contributed by atoms with Crippen LogP contribution >= 0.6 is 0 Å². The van der Waals surface area contributed by atoms with Crippen molar-refractivity contribution in [3.63, 3.8) is 0 Å². The van der Waals surface area contributed by atoms with Gasteiger partial charge in [0.25, 0.3) is 0 Å². The molecular formula is C11H20N4O2. The highest BCUT2D eigenvalue weighted by Crippen LogP contribution is 2.01. The molecule has 1 aliphatic rings. The fourth-order valence-electron chi connectivity index (χ4n) is 1.75. The molecule has 1 atom stereocenters. The molecule has 0 bridgehead atoms. The van der Waals surface area contributed by atoms with Crippen molar-refractivity contribution in [1.82, 2.24) is 15.5 Å². The number of nitrogens with zero attached hydrogens (tertiary/aromatic N) is 2. The van der Waals surface area contributed by atoms with E-state index in [-0.39, 0.29) is 11.9 Å². The van der Waals surface area contributed by atoms with Gasteiger partial charge in [-0.3, -0.25) is 9.69 Å². The van der Waals surface area contributed by atoms with E-state index in [4.69, 9.17) is 10.00 Å². The summed E-state index contributed by atoms with van der Waals surface area (Å²) in [6.45, 7) is 3.77. The molecule has 1 heterocycles. The number of hydrogen-bond donors (Lipinski definition) is 2. The Morgan fingerprint density at radius 2 is 2.53 bits per heavy atom. The van der Waals surface area contributed by atoms with Crippen molar-refractivity contribution in [2.75, 3.05) is 46.4 Å². The van der Waals surface area contributed by atoms with Crippen LogP contribution in [0.5, 0.6) is 0 Å². The molecule has 0 aromatic rings. The van der Waals surface area contributed by atoms with Gasteiger partial charge < -0.3 is 15.4 Å². The molecular weight excluding hydrogens is 220 g/mol. The number of amides is 1. The predicted molar refractivity (Wildman–Crippen MR) is 63.3 cm³/mol. The van der Waals surface area contributed by atoms with Gasteiger partial charge in [0, 0.05) is 39.9 Å². The lowest BCUT2D eigenvalue weighted by Gasteiger charge is -2.31. The first-order valence-electron chi connectivity index (χ1n) is 5.88.